The van der Waals surface area contributed by atoms with Crippen LogP contribution in [0.1, 0.15) is 28.4 Å². The van der Waals surface area contributed by atoms with E-state index in [4.69, 9.17) is 9.47 Å². The van der Waals surface area contributed by atoms with Crippen molar-refractivity contribution in [2.45, 2.75) is 26.9 Å². The molecule has 1 saturated heterocycles. The van der Waals surface area contributed by atoms with Crippen LogP contribution in [0.25, 0.3) is 0 Å². The van der Waals surface area contributed by atoms with Gasteiger partial charge < -0.3 is 19.7 Å². The number of hydrogen-bond donors (Lipinski definition) is 1. The molecule has 1 heterocycles. The number of amides is 2. The summed E-state index contributed by atoms with van der Waals surface area (Å²) in [7, 11) is 0. The minimum Gasteiger partial charge on any atom is -0.481 e. The third kappa shape index (κ3) is 4.51. The van der Waals surface area contributed by atoms with E-state index in [1.165, 1.54) is 0 Å². The maximum absolute atomic E-state index is 12.8. The second-order valence-corrected chi connectivity index (χ2v) is 6.90. The quantitative estimate of drug-likeness (QED) is 0.862. The largest absolute Gasteiger partial charge is 0.481 e. The summed E-state index contributed by atoms with van der Waals surface area (Å²) < 4.78 is 11.2. The zero-order valence-electron chi connectivity index (χ0n) is 16.5. The van der Waals surface area contributed by atoms with E-state index < -0.39 is 6.10 Å². The van der Waals surface area contributed by atoms with Crippen LogP contribution in [0.15, 0.2) is 42.5 Å². The molecule has 1 aliphatic heterocycles. The Hall–Kier alpha value is -2.86. The molecule has 0 spiro atoms. The van der Waals surface area contributed by atoms with Crippen molar-refractivity contribution in [2.75, 3.05) is 31.6 Å². The summed E-state index contributed by atoms with van der Waals surface area (Å²) in [6.07, 6.45) is -0.702. The van der Waals surface area contributed by atoms with Gasteiger partial charge in [0.15, 0.2) is 6.10 Å². The highest BCUT2D eigenvalue weighted by atomic mass is 16.5. The Labute approximate surface area is 165 Å². The molecule has 0 aromatic heterocycles. The van der Waals surface area contributed by atoms with E-state index >= 15 is 0 Å². The second-order valence-electron chi connectivity index (χ2n) is 6.90. The highest BCUT2D eigenvalue weighted by Crippen LogP contribution is 2.23. The highest BCUT2D eigenvalue weighted by molar-refractivity contribution is 6.04. The van der Waals surface area contributed by atoms with Crippen LogP contribution in [-0.2, 0) is 9.53 Å². The average molecular weight is 382 g/mol. The van der Waals surface area contributed by atoms with Gasteiger partial charge in [-0.3, -0.25) is 9.59 Å². The maximum Gasteiger partial charge on any atom is 0.265 e. The van der Waals surface area contributed by atoms with Gasteiger partial charge in [-0.15, -0.1) is 0 Å². The van der Waals surface area contributed by atoms with E-state index in [0.29, 0.717) is 43.3 Å². The number of anilines is 1. The van der Waals surface area contributed by atoms with Gasteiger partial charge in [-0.2, -0.15) is 0 Å². The molecule has 6 heteroatoms. The predicted molar refractivity (Wildman–Crippen MR) is 108 cm³/mol. The van der Waals surface area contributed by atoms with Crippen LogP contribution in [0.2, 0.25) is 0 Å². The summed E-state index contributed by atoms with van der Waals surface area (Å²) in [5.74, 6) is 0.269. The maximum atomic E-state index is 12.8. The first-order valence-corrected chi connectivity index (χ1v) is 9.47. The van der Waals surface area contributed by atoms with Gasteiger partial charge in [0.2, 0.25) is 0 Å². The van der Waals surface area contributed by atoms with Crippen LogP contribution < -0.4 is 10.1 Å². The molecule has 0 aliphatic carbocycles. The molecule has 0 unspecified atom stereocenters. The van der Waals surface area contributed by atoms with Gasteiger partial charge in [0.25, 0.3) is 11.8 Å². The number of para-hydroxylation sites is 1. The smallest absolute Gasteiger partial charge is 0.265 e. The molecule has 2 aromatic rings. The molecule has 1 N–H and O–H groups in total. The third-order valence-electron chi connectivity index (χ3n) is 4.94. The summed E-state index contributed by atoms with van der Waals surface area (Å²) in [6.45, 7) is 7.82. The number of nitrogens with one attached hydrogen (secondary N) is 1. The van der Waals surface area contributed by atoms with Crippen LogP contribution in [0, 0.1) is 13.8 Å². The highest BCUT2D eigenvalue weighted by Gasteiger charge is 2.23. The van der Waals surface area contributed by atoms with Gasteiger partial charge in [0, 0.05) is 13.1 Å². The van der Waals surface area contributed by atoms with Crippen LogP contribution >= 0.6 is 0 Å². The molecule has 0 saturated carbocycles. The Morgan fingerprint density at radius 1 is 1.07 bits per heavy atom. The SMILES string of the molecule is Cc1cccc(O[C@@H](C)C(=O)Nc2ccccc2C(=O)N2CCOCC2)c1C. The molecular formula is C22H26N2O4. The topological polar surface area (TPSA) is 67.9 Å². The first-order chi connectivity index (χ1) is 13.5. The van der Waals surface area contributed by atoms with Gasteiger partial charge >= 0.3 is 0 Å². The Morgan fingerprint density at radius 2 is 1.79 bits per heavy atom. The third-order valence-corrected chi connectivity index (χ3v) is 4.94. The number of ether oxygens (including phenoxy) is 2. The lowest BCUT2D eigenvalue weighted by atomic mass is 10.1. The molecule has 1 aliphatic rings. The lowest BCUT2D eigenvalue weighted by Gasteiger charge is -2.27. The van der Waals surface area contributed by atoms with Crippen LogP contribution in [0.4, 0.5) is 5.69 Å². The van der Waals surface area contributed by atoms with Crippen LogP contribution in [0.3, 0.4) is 0 Å². The predicted octanol–water partition coefficient (Wildman–Crippen LogP) is 3.18. The van der Waals surface area contributed by atoms with Crippen LogP contribution in [0.5, 0.6) is 5.75 Å². The fourth-order valence-electron chi connectivity index (χ4n) is 3.05. The summed E-state index contributed by atoms with van der Waals surface area (Å²) in [5, 5.41) is 2.84. The van der Waals surface area contributed by atoms with E-state index in [-0.39, 0.29) is 11.8 Å². The monoisotopic (exact) mass is 382 g/mol. The van der Waals surface area contributed by atoms with Crippen molar-refractivity contribution in [1.29, 1.82) is 0 Å². The standard InChI is InChI=1S/C22H26N2O4/c1-15-7-6-10-20(16(15)2)28-17(3)21(25)23-19-9-5-4-8-18(19)22(26)24-11-13-27-14-12-24/h4-10,17H,11-14H2,1-3H3,(H,23,25)/t17-/m0/s1. The fraction of sp³-hybridized carbons (Fsp3) is 0.364. The van der Waals surface area contributed by atoms with Crippen molar-refractivity contribution in [3.05, 3.63) is 59.2 Å². The Morgan fingerprint density at radius 3 is 2.54 bits per heavy atom. The summed E-state index contributed by atoms with van der Waals surface area (Å²) in [5.41, 5.74) is 3.06. The Bertz CT molecular complexity index is 859. The molecule has 0 bridgehead atoms. The number of hydrogen-bond acceptors (Lipinski definition) is 4. The molecule has 3 rings (SSSR count). The van der Waals surface area contributed by atoms with Crippen molar-refractivity contribution >= 4 is 17.5 Å². The van der Waals surface area contributed by atoms with Crippen molar-refractivity contribution < 1.29 is 19.1 Å². The lowest BCUT2D eigenvalue weighted by Crippen LogP contribution is -2.41. The molecule has 2 aromatic carbocycles. The molecule has 2 amide bonds. The van der Waals surface area contributed by atoms with Gasteiger partial charge in [0.05, 0.1) is 24.5 Å². The number of carbonyl (C=O) groups is 2. The van der Waals surface area contributed by atoms with E-state index in [0.717, 1.165) is 11.1 Å². The molecule has 6 nitrogen and oxygen atoms in total. The average Bonchev–Trinajstić information content (AvgIpc) is 2.72. The van der Waals surface area contributed by atoms with Crippen molar-refractivity contribution in [3.63, 3.8) is 0 Å². The van der Waals surface area contributed by atoms with Crippen molar-refractivity contribution in [3.8, 4) is 5.75 Å². The van der Waals surface area contributed by atoms with Crippen LogP contribution in [-0.4, -0.2) is 49.1 Å². The summed E-state index contributed by atoms with van der Waals surface area (Å²) in [4.78, 5) is 27.3. The van der Waals surface area contributed by atoms with Gasteiger partial charge in [-0.25, -0.2) is 0 Å². The number of morpholine rings is 1. The Balaban J connectivity index is 1.71. The zero-order valence-corrected chi connectivity index (χ0v) is 16.5. The number of rotatable bonds is 5. The van der Waals surface area contributed by atoms with E-state index in [2.05, 4.69) is 5.32 Å². The molecule has 148 valence electrons. The number of carbonyl (C=O) groups excluding carboxylic acids is 2. The van der Waals surface area contributed by atoms with Crippen molar-refractivity contribution in [1.82, 2.24) is 4.90 Å². The van der Waals surface area contributed by atoms with E-state index in [9.17, 15) is 9.59 Å². The molecule has 28 heavy (non-hydrogen) atoms. The Kier molecular flexibility index (Phi) is 6.31. The van der Waals surface area contributed by atoms with Gasteiger partial charge in [-0.05, 0) is 50.1 Å². The summed E-state index contributed by atoms with van der Waals surface area (Å²) in [6, 6.07) is 12.8. The zero-order chi connectivity index (χ0) is 20.1. The molecule has 1 fully saturated rings. The first-order valence-electron chi connectivity index (χ1n) is 9.47. The van der Waals surface area contributed by atoms with E-state index in [1.807, 2.05) is 32.0 Å². The minimum atomic E-state index is -0.702. The van der Waals surface area contributed by atoms with Crippen molar-refractivity contribution in [2.24, 2.45) is 0 Å². The second kappa shape index (κ2) is 8.89. The van der Waals surface area contributed by atoms with E-state index in [1.54, 1.807) is 36.1 Å². The summed E-state index contributed by atoms with van der Waals surface area (Å²) >= 11 is 0. The van der Waals surface area contributed by atoms with Gasteiger partial charge in [0.1, 0.15) is 5.75 Å². The first kappa shape index (κ1) is 19.9. The number of nitrogens with zero attached hydrogens (tertiary/aromatic N) is 1. The molecule has 0 radical (unpaired) electrons. The minimum absolute atomic E-state index is 0.109. The molecular weight excluding hydrogens is 356 g/mol. The lowest BCUT2D eigenvalue weighted by molar-refractivity contribution is -0.122. The molecule has 1 atom stereocenters. The number of benzene rings is 2. The number of aryl methyl sites for hydroxylation is 1. The fourth-order valence-corrected chi connectivity index (χ4v) is 3.05. The van der Waals surface area contributed by atoms with Gasteiger partial charge in [-0.1, -0.05) is 24.3 Å². The normalized spacial score (nSPS) is 15.0.